The standard InChI is InChI=1S/C22H23ClFNO3/c1-13(2)28-16-5-6-19(24)14(7-16)8-20-18-10-22(27-4)21(26-3)9-17(18)15(11-23)12-25-20/h5-7,9-10,12-13H,8,11H2,1-4H3. The van der Waals surface area contributed by atoms with Crippen LogP contribution in [0.3, 0.4) is 0 Å². The molecule has 0 atom stereocenters. The molecule has 4 nitrogen and oxygen atoms in total. The van der Waals surface area contributed by atoms with Crippen LogP contribution in [0.5, 0.6) is 17.2 Å². The molecule has 0 radical (unpaired) electrons. The molecule has 0 saturated carbocycles. The summed E-state index contributed by atoms with van der Waals surface area (Å²) in [7, 11) is 3.16. The smallest absolute Gasteiger partial charge is 0.161 e. The van der Waals surface area contributed by atoms with Crippen LogP contribution in [0, 0.1) is 5.82 Å². The fraction of sp³-hybridized carbons (Fsp3) is 0.318. The summed E-state index contributed by atoms with van der Waals surface area (Å²) < 4.78 is 31.0. The van der Waals surface area contributed by atoms with Gasteiger partial charge in [-0.3, -0.25) is 4.98 Å². The minimum atomic E-state index is -0.298. The number of alkyl halides is 1. The summed E-state index contributed by atoms with van der Waals surface area (Å²) in [5.41, 5.74) is 2.12. The molecule has 0 bridgehead atoms. The molecule has 0 unspecified atom stereocenters. The van der Waals surface area contributed by atoms with Crippen molar-refractivity contribution in [1.29, 1.82) is 0 Å². The highest BCUT2D eigenvalue weighted by atomic mass is 35.5. The fourth-order valence-electron chi connectivity index (χ4n) is 3.14. The van der Waals surface area contributed by atoms with Crippen LogP contribution < -0.4 is 14.2 Å². The predicted molar refractivity (Wildman–Crippen MR) is 109 cm³/mol. The van der Waals surface area contributed by atoms with Gasteiger partial charge in [-0.15, -0.1) is 11.6 Å². The van der Waals surface area contributed by atoms with E-state index in [-0.39, 0.29) is 11.9 Å². The molecule has 148 valence electrons. The van der Waals surface area contributed by atoms with Gasteiger partial charge in [-0.05, 0) is 60.7 Å². The van der Waals surface area contributed by atoms with E-state index in [0.29, 0.717) is 35.1 Å². The first-order valence-electron chi connectivity index (χ1n) is 9.00. The Balaban J connectivity index is 2.11. The molecule has 0 spiro atoms. The Morgan fingerprint density at radius 1 is 1.00 bits per heavy atom. The predicted octanol–water partition coefficient (Wildman–Crippen LogP) is 5.51. The quantitative estimate of drug-likeness (QED) is 0.488. The lowest BCUT2D eigenvalue weighted by atomic mass is 10.00. The van der Waals surface area contributed by atoms with Gasteiger partial charge >= 0.3 is 0 Å². The zero-order valence-corrected chi connectivity index (χ0v) is 17.1. The molecule has 1 heterocycles. The molecule has 1 aromatic heterocycles. The number of pyridine rings is 1. The van der Waals surface area contributed by atoms with Crippen molar-refractivity contribution in [3.8, 4) is 17.2 Å². The number of methoxy groups -OCH3 is 2. The molecule has 6 heteroatoms. The van der Waals surface area contributed by atoms with Crippen molar-refractivity contribution in [2.45, 2.75) is 32.3 Å². The van der Waals surface area contributed by atoms with Crippen LogP contribution in [0.4, 0.5) is 4.39 Å². The summed E-state index contributed by atoms with van der Waals surface area (Å²) in [6.07, 6.45) is 2.05. The van der Waals surface area contributed by atoms with Crippen LogP contribution in [0.25, 0.3) is 10.8 Å². The molecule has 3 rings (SSSR count). The van der Waals surface area contributed by atoms with Gasteiger partial charge in [0.05, 0.1) is 26.0 Å². The SMILES string of the molecule is COc1cc2c(CCl)cnc(Cc3cc(OC(C)C)ccc3F)c2cc1OC. The topological polar surface area (TPSA) is 40.6 Å². The van der Waals surface area contributed by atoms with Gasteiger partial charge in [-0.25, -0.2) is 4.39 Å². The van der Waals surface area contributed by atoms with Crippen LogP contribution in [0.2, 0.25) is 0 Å². The molecule has 0 amide bonds. The Kier molecular flexibility index (Phi) is 6.25. The summed E-state index contributed by atoms with van der Waals surface area (Å²) in [5, 5.41) is 1.76. The number of rotatable bonds is 7. The van der Waals surface area contributed by atoms with E-state index in [4.69, 9.17) is 25.8 Å². The maximum Gasteiger partial charge on any atom is 0.161 e. The number of fused-ring (bicyclic) bond motifs is 1. The van der Waals surface area contributed by atoms with Crippen molar-refractivity contribution >= 4 is 22.4 Å². The fourth-order valence-corrected chi connectivity index (χ4v) is 3.35. The third-order valence-electron chi connectivity index (χ3n) is 4.45. The molecule has 0 saturated heterocycles. The molecule has 0 fully saturated rings. The van der Waals surface area contributed by atoms with E-state index in [1.54, 1.807) is 32.5 Å². The second kappa shape index (κ2) is 8.65. The van der Waals surface area contributed by atoms with Crippen molar-refractivity contribution in [2.75, 3.05) is 14.2 Å². The van der Waals surface area contributed by atoms with Crippen LogP contribution in [-0.2, 0) is 12.3 Å². The Morgan fingerprint density at radius 2 is 1.68 bits per heavy atom. The van der Waals surface area contributed by atoms with Gasteiger partial charge in [0.15, 0.2) is 11.5 Å². The Morgan fingerprint density at radius 3 is 2.29 bits per heavy atom. The van der Waals surface area contributed by atoms with Crippen molar-refractivity contribution in [3.05, 3.63) is 59.2 Å². The number of hydrogen-bond donors (Lipinski definition) is 0. The average Bonchev–Trinajstić information content (AvgIpc) is 2.69. The van der Waals surface area contributed by atoms with Gasteiger partial charge in [0.1, 0.15) is 11.6 Å². The highest BCUT2D eigenvalue weighted by Gasteiger charge is 2.15. The van der Waals surface area contributed by atoms with Crippen molar-refractivity contribution in [1.82, 2.24) is 4.98 Å². The maximum atomic E-state index is 14.5. The Hall–Kier alpha value is -2.53. The summed E-state index contributed by atoms with van der Waals surface area (Å²) in [6, 6.07) is 8.52. The summed E-state index contributed by atoms with van der Waals surface area (Å²) in [5.74, 6) is 1.84. The minimum absolute atomic E-state index is 0.0111. The van der Waals surface area contributed by atoms with E-state index in [1.807, 2.05) is 26.0 Å². The Labute approximate surface area is 169 Å². The number of ether oxygens (including phenoxy) is 3. The largest absolute Gasteiger partial charge is 0.493 e. The minimum Gasteiger partial charge on any atom is -0.493 e. The van der Waals surface area contributed by atoms with Crippen LogP contribution in [0.15, 0.2) is 36.5 Å². The molecular formula is C22H23ClFNO3. The lowest BCUT2D eigenvalue weighted by Gasteiger charge is -2.15. The molecule has 3 aromatic rings. The average molecular weight is 404 g/mol. The third-order valence-corrected chi connectivity index (χ3v) is 4.74. The maximum absolute atomic E-state index is 14.5. The van der Waals surface area contributed by atoms with Crippen LogP contribution in [0.1, 0.15) is 30.7 Å². The van der Waals surface area contributed by atoms with E-state index in [2.05, 4.69) is 4.98 Å². The normalized spacial score (nSPS) is 11.1. The molecule has 0 aliphatic rings. The van der Waals surface area contributed by atoms with Gasteiger partial charge in [-0.2, -0.15) is 0 Å². The van der Waals surface area contributed by atoms with Crippen LogP contribution in [-0.4, -0.2) is 25.3 Å². The molecular weight excluding hydrogens is 381 g/mol. The van der Waals surface area contributed by atoms with Crippen molar-refractivity contribution < 1.29 is 18.6 Å². The van der Waals surface area contributed by atoms with E-state index in [1.165, 1.54) is 6.07 Å². The van der Waals surface area contributed by atoms with Crippen molar-refractivity contribution in [3.63, 3.8) is 0 Å². The van der Waals surface area contributed by atoms with Gasteiger partial charge in [0.25, 0.3) is 0 Å². The van der Waals surface area contributed by atoms with Gasteiger partial charge in [0, 0.05) is 23.9 Å². The summed E-state index contributed by atoms with van der Waals surface area (Å²) in [4.78, 5) is 4.55. The molecule has 2 aromatic carbocycles. The summed E-state index contributed by atoms with van der Waals surface area (Å²) in [6.45, 7) is 3.87. The zero-order valence-electron chi connectivity index (χ0n) is 16.4. The highest BCUT2D eigenvalue weighted by Crippen LogP contribution is 2.36. The first-order valence-corrected chi connectivity index (χ1v) is 9.53. The monoisotopic (exact) mass is 403 g/mol. The highest BCUT2D eigenvalue weighted by molar-refractivity contribution is 6.18. The third kappa shape index (κ3) is 4.14. The molecule has 0 aliphatic heterocycles. The second-order valence-corrected chi connectivity index (χ2v) is 6.98. The van der Waals surface area contributed by atoms with Gasteiger partial charge in [0.2, 0.25) is 0 Å². The number of benzene rings is 2. The lowest BCUT2D eigenvalue weighted by molar-refractivity contribution is 0.242. The molecule has 28 heavy (non-hydrogen) atoms. The summed E-state index contributed by atoms with van der Waals surface area (Å²) >= 11 is 6.09. The van der Waals surface area contributed by atoms with Gasteiger partial charge < -0.3 is 14.2 Å². The zero-order chi connectivity index (χ0) is 20.3. The Bertz CT molecular complexity index is 991. The lowest BCUT2D eigenvalue weighted by Crippen LogP contribution is -2.06. The number of halogens is 2. The molecule has 0 aliphatic carbocycles. The van der Waals surface area contributed by atoms with E-state index < -0.39 is 0 Å². The van der Waals surface area contributed by atoms with E-state index in [0.717, 1.165) is 22.0 Å². The number of nitrogens with zero attached hydrogens (tertiary/aromatic N) is 1. The number of hydrogen-bond acceptors (Lipinski definition) is 4. The van der Waals surface area contributed by atoms with Crippen LogP contribution >= 0.6 is 11.6 Å². The first kappa shape index (κ1) is 20.2. The number of aromatic nitrogens is 1. The molecule has 0 N–H and O–H groups in total. The van der Waals surface area contributed by atoms with E-state index in [9.17, 15) is 4.39 Å². The van der Waals surface area contributed by atoms with E-state index >= 15 is 0 Å². The first-order chi connectivity index (χ1) is 13.5. The second-order valence-electron chi connectivity index (χ2n) is 6.71. The van der Waals surface area contributed by atoms with Gasteiger partial charge in [-0.1, -0.05) is 0 Å². The van der Waals surface area contributed by atoms with Crippen molar-refractivity contribution in [2.24, 2.45) is 0 Å².